The van der Waals surface area contributed by atoms with Gasteiger partial charge < -0.3 is 10.2 Å². The second-order valence-electron chi connectivity index (χ2n) is 3.70. The first-order valence-electron chi connectivity index (χ1n) is 4.76. The van der Waals surface area contributed by atoms with Crippen LogP contribution in [-0.4, -0.2) is 10.2 Å². The monoisotopic (exact) mass is 210 g/mol. The van der Waals surface area contributed by atoms with Crippen molar-refractivity contribution in [2.75, 3.05) is 0 Å². The van der Waals surface area contributed by atoms with Gasteiger partial charge in [-0.25, -0.2) is 0 Å². The van der Waals surface area contributed by atoms with Crippen LogP contribution in [0.1, 0.15) is 11.1 Å². The molecule has 1 aliphatic rings. The zero-order valence-electron chi connectivity index (χ0n) is 8.51. The molecule has 1 aromatic rings. The standard InChI is InChI=1S/C14H10O2/c1-3-13(15)9-10-14(16,4-2)12-8-6-5-7-11(12)13/h1-2,5-10,15-16H/t13-,14-/m1/s1. The molecule has 2 rings (SSSR count). The minimum absolute atomic E-state index is 0.445. The van der Waals surface area contributed by atoms with E-state index in [4.69, 9.17) is 12.8 Å². The maximum atomic E-state index is 10.2. The van der Waals surface area contributed by atoms with Crippen LogP contribution in [0.5, 0.6) is 0 Å². The van der Waals surface area contributed by atoms with E-state index in [-0.39, 0.29) is 0 Å². The Kier molecular flexibility index (Phi) is 2.14. The van der Waals surface area contributed by atoms with E-state index < -0.39 is 11.2 Å². The van der Waals surface area contributed by atoms with Crippen LogP contribution < -0.4 is 0 Å². The van der Waals surface area contributed by atoms with Crippen molar-refractivity contribution in [1.82, 2.24) is 0 Å². The second kappa shape index (κ2) is 3.25. The normalized spacial score (nSPS) is 31.2. The van der Waals surface area contributed by atoms with Gasteiger partial charge in [-0.3, -0.25) is 0 Å². The van der Waals surface area contributed by atoms with Crippen LogP contribution in [0, 0.1) is 24.7 Å². The zero-order valence-corrected chi connectivity index (χ0v) is 8.51. The minimum Gasteiger partial charge on any atom is -0.370 e. The molecule has 2 heteroatoms. The maximum Gasteiger partial charge on any atom is 0.170 e. The number of rotatable bonds is 0. The highest BCUT2D eigenvalue weighted by atomic mass is 16.3. The summed E-state index contributed by atoms with van der Waals surface area (Å²) in [5, 5.41) is 20.3. The third-order valence-electron chi connectivity index (χ3n) is 2.75. The molecule has 1 aliphatic carbocycles. The van der Waals surface area contributed by atoms with E-state index in [1.54, 1.807) is 24.3 Å². The summed E-state index contributed by atoms with van der Waals surface area (Å²) in [6.07, 6.45) is 13.3. The van der Waals surface area contributed by atoms with E-state index in [2.05, 4.69) is 11.8 Å². The Bertz CT molecular complexity index is 496. The van der Waals surface area contributed by atoms with Gasteiger partial charge in [-0.1, -0.05) is 36.1 Å². The van der Waals surface area contributed by atoms with E-state index in [1.165, 1.54) is 12.2 Å². The van der Waals surface area contributed by atoms with Gasteiger partial charge >= 0.3 is 0 Å². The van der Waals surface area contributed by atoms with Crippen molar-refractivity contribution in [3.05, 3.63) is 47.5 Å². The van der Waals surface area contributed by atoms with E-state index in [1.807, 2.05) is 0 Å². The molecule has 0 heterocycles. The van der Waals surface area contributed by atoms with Gasteiger partial charge in [0.1, 0.15) is 0 Å². The Morgan fingerprint density at radius 2 is 1.25 bits per heavy atom. The Labute approximate surface area is 94.2 Å². The van der Waals surface area contributed by atoms with Crippen LogP contribution in [0.15, 0.2) is 36.4 Å². The number of terminal acetylenes is 2. The predicted octanol–water partition coefficient (Wildman–Crippen LogP) is 0.898. The molecule has 0 bridgehead atoms. The first-order valence-corrected chi connectivity index (χ1v) is 4.76. The molecule has 2 N–H and O–H groups in total. The molecule has 0 aliphatic heterocycles. The summed E-state index contributed by atoms with van der Waals surface area (Å²) in [4.78, 5) is 0. The summed E-state index contributed by atoms with van der Waals surface area (Å²) in [6, 6.07) is 6.77. The number of benzene rings is 1. The molecule has 0 unspecified atom stereocenters. The summed E-state index contributed by atoms with van der Waals surface area (Å²) in [7, 11) is 0. The van der Waals surface area contributed by atoms with Crippen molar-refractivity contribution < 1.29 is 10.2 Å². The van der Waals surface area contributed by atoms with Crippen molar-refractivity contribution in [3.8, 4) is 24.7 Å². The Morgan fingerprint density at radius 3 is 1.56 bits per heavy atom. The van der Waals surface area contributed by atoms with E-state index in [9.17, 15) is 10.2 Å². The summed E-state index contributed by atoms with van der Waals surface area (Å²) in [5.74, 6) is 4.57. The number of hydrogen-bond acceptors (Lipinski definition) is 2. The molecule has 0 fully saturated rings. The fourth-order valence-electron chi connectivity index (χ4n) is 1.82. The molecule has 78 valence electrons. The van der Waals surface area contributed by atoms with Crippen molar-refractivity contribution >= 4 is 0 Å². The Morgan fingerprint density at radius 1 is 0.875 bits per heavy atom. The first-order chi connectivity index (χ1) is 7.56. The molecule has 16 heavy (non-hydrogen) atoms. The lowest BCUT2D eigenvalue weighted by Crippen LogP contribution is -2.34. The van der Waals surface area contributed by atoms with Gasteiger partial charge in [-0.2, -0.15) is 0 Å². The van der Waals surface area contributed by atoms with Gasteiger partial charge in [0.25, 0.3) is 0 Å². The lowest BCUT2D eigenvalue weighted by atomic mass is 9.77. The first kappa shape index (κ1) is 10.5. The third kappa shape index (κ3) is 1.26. The lowest BCUT2D eigenvalue weighted by Gasteiger charge is -2.32. The fraction of sp³-hybridized carbons (Fsp3) is 0.143. The minimum atomic E-state index is -1.50. The summed E-state index contributed by atoms with van der Waals surface area (Å²) in [6.45, 7) is 0. The Balaban J connectivity index is 2.76. The lowest BCUT2D eigenvalue weighted by molar-refractivity contribution is 0.110. The van der Waals surface area contributed by atoms with Crippen molar-refractivity contribution in [2.24, 2.45) is 0 Å². The van der Waals surface area contributed by atoms with Crippen molar-refractivity contribution in [2.45, 2.75) is 11.2 Å². The van der Waals surface area contributed by atoms with Crippen LogP contribution in [0.25, 0.3) is 0 Å². The molecular formula is C14H10O2. The highest BCUT2D eigenvalue weighted by Crippen LogP contribution is 2.38. The van der Waals surface area contributed by atoms with Crippen molar-refractivity contribution in [1.29, 1.82) is 0 Å². The van der Waals surface area contributed by atoms with E-state index >= 15 is 0 Å². The quantitative estimate of drug-likeness (QED) is 0.493. The molecule has 0 radical (unpaired) electrons. The number of fused-ring (bicyclic) bond motifs is 1. The molecule has 0 amide bonds. The summed E-state index contributed by atoms with van der Waals surface area (Å²) >= 11 is 0. The average Bonchev–Trinajstić information content (AvgIpc) is 2.35. The van der Waals surface area contributed by atoms with Crippen LogP contribution >= 0.6 is 0 Å². The SMILES string of the molecule is C#C[C@@]1(O)C=C[C@](O)(C#C)c2ccccc21. The van der Waals surface area contributed by atoms with Crippen LogP contribution in [0.3, 0.4) is 0 Å². The predicted molar refractivity (Wildman–Crippen MR) is 61.0 cm³/mol. The topological polar surface area (TPSA) is 40.5 Å². The van der Waals surface area contributed by atoms with E-state index in [0.29, 0.717) is 11.1 Å². The van der Waals surface area contributed by atoms with Gasteiger partial charge in [0.2, 0.25) is 0 Å². The molecular weight excluding hydrogens is 200 g/mol. The van der Waals surface area contributed by atoms with Crippen LogP contribution in [-0.2, 0) is 11.2 Å². The fourth-order valence-corrected chi connectivity index (χ4v) is 1.82. The highest BCUT2D eigenvalue weighted by Gasteiger charge is 2.38. The molecule has 2 nitrogen and oxygen atoms in total. The van der Waals surface area contributed by atoms with Gasteiger partial charge in [0, 0.05) is 11.1 Å². The molecule has 0 saturated carbocycles. The molecule has 0 aromatic heterocycles. The highest BCUT2D eigenvalue weighted by molar-refractivity contribution is 5.53. The van der Waals surface area contributed by atoms with Gasteiger partial charge in [0.05, 0.1) is 0 Å². The zero-order chi connectivity index (χ0) is 11.8. The average molecular weight is 210 g/mol. The molecule has 2 atom stereocenters. The van der Waals surface area contributed by atoms with Gasteiger partial charge in [0.15, 0.2) is 11.2 Å². The largest absolute Gasteiger partial charge is 0.370 e. The summed E-state index contributed by atoms with van der Waals surface area (Å²) in [5.41, 5.74) is -2.11. The Hall–Kier alpha value is -2.00. The van der Waals surface area contributed by atoms with Crippen molar-refractivity contribution in [3.63, 3.8) is 0 Å². The number of aliphatic hydroxyl groups is 2. The van der Waals surface area contributed by atoms with Crippen LogP contribution in [0.2, 0.25) is 0 Å². The smallest absolute Gasteiger partial charge is 0.170 e. The van der Waals surface area contributed by atoms with Crippen LogP contribution in [0.4, 0.5) is 0 Å². The summed E-state index contributed by atoms with van der Waals surface area (Å²) < 4.78 is 0. The van der Waals surface area contributed by atoms with Gasteiger partial charge in [-0.05, 0) is 12.2 Å². The number of hydrogen-bond donors (Lipinski definition) is 2. The third-order valence-corrected chi connectivity index (χ3v) is 2.75. The molecule has 1 aromatic carbocycles. The second-order valence-corrected chi connectivity index (χ2v) is 3.70. The maximum absolute atomic E-state index is 10.2. The van der Waals surface area contributed by atoms with Gasteiger partial charge in [-0.15, -0.1) is 12.8 Å². The molecule has 0 saturated heterocycles. The van der Waals surface area contributed by atoms with E-state index in [0.717, 1.165) is 0 Å². The molecule has 0 spiro atoms.